The number of aromatic nitrogens is 1. The Labute approximate surface area is 124 Å². The number of pyridine rings is 1. The number of amides is 1. The molecule has 6 heteroatoms. The summed E-state index contributed by atoms with van der Waals surface area (Å²) >= 11 is 0. The minimum Gasteiger partial charge on any atom is -0.395 e. The minimum atomic E-state index is -0.647. The van der Waals surface area contributed by atoms with Crippen molar-refractivity contribution in [3.8, 4) is 0 Å². The van der Waals surface area contributed by atoms with Gasteiger partial charge >= 0.3 is 0 Å². The molecule has 0 bridgehead atoms. The molecule has 1 aromatic rings. The molecule has 2 heterocycles. The topological polar surface area (TPSA) is 65.5 Å². The van der Waals surface area contributed by atoms with Crippen LogP contribution < -0.4 is 5.32 Å². The van der Waals surface area contributed by atoms with Gasteiger partial charge in [-0.2, -0.15) is 4.39 Å². The first-order valence-electron chi connectivity index (χ1n) is 7.45. The quantitative estimate of drug-likeness (QED) is 0.586. The fourth-order valence-electron chi connectivity index (χ4n) is 2.68. The molecule has 0 saturated carbocycles. The SMILES string of the molecule is O=C(NCCCCN1CCCC1CO)c1ccnc(F)c1. The number of nitrogens with one attached hydrogen (secondary N) is 1. The van der Waals surface area contributed by atoms with Gasteiger partial charge in [-0.15, -0.1) is 0 Å². The second kappa shape index (κ2) is 8.05. The molecule has 21 heavy (non-hydrogen) atoms. The zero-order chi connectivity index (χ0) is 15.1. The van der Waals surface area contributed by atoms with Crippen LogP contribution in [0.3, 0.4) is 0 Å². The summed E-state index contributed by atoms with van der Waals surface area (Å²) in [6.45, 7) is 2.80. The van der Waals surface area contributed by atoms with Crippen LogP contribution in [-0.4, -0.2) is 53.2 Å². The van der Waals surface area contributed by atoms with Gasteiger partial charge in [0.1, 0.15) is 0 Å². The van der Waals surface area contributed by atoms with Crippen molar-refractivity contribution in [2.45, 2.75) is 31.7 Å². The van der Waals surface area contributed by atoms with E-state index in [0.29, 0.717) is 18.2 Å². The van der Waals surface area contributed by atoms with E-state index in [0.717, 1.165) is 44.8 Å². The number of carbonyl (C=O) groups excluding carboxylic acids is 1. The minimum absolute atomic E-state index is 0.227. The van der Waals surface area contributed by atoms with Gasteiger partial charge in [-0.05, 0) is 44.8 Å². The molecular formula is C15H22FN3O2. The molecular weight excluding hydrogens is 273 g/mol. The standard InChI is InChI=1S/C15H22FN3O2/c16-14-10-12(5-7-17-14)15(21)18-6-1-2-8-19-9-3-4-13(19)11-20/h5,7,10,13,20H,1-4,6,8-9,11H2,(H,18,21). The van der Waals surface area contributed by atoms with E-state index in [1.165, 1.54) is 12.3 Å². The predicted octanol–water partition coefficient (Wildman–Crippen LogP) is 1.19. The van der Waals surface area contributed by atoms with Crippen molar-refractivity contribution in [3.05, 3.63) is 29.8 Å². The number of nitrogens with zero attached hydrogens (tertiary/aromatic N) is 2. The van der Waals surface area contributed by atoms with Crippen molar-refractivity contribution in [2.24, 2.45) is 0 Å². The highest BCUT2D eigenvalue weighted by atomic mass is 19.1. The number of hydrogen-bond acceptors (Lipinski definition) is 4. The Morgan fingerprint density at radius 2 is 2.38 bits per heavy atom. The molecule has 0 aliphatic carbocycles. The molecule has 1 aromatic heterocycles. The lowest BCUT2D eigenvalue weighted by molar-refractivity contribution is 0.0951. The number of likely N-dealkylation sites (tertiary alicyclic amines) is 1. The van der Waals surface area contributed by atoms with Gasteiger partial charge in [0.2, 0.25) is 5.95 Å². The molecule has 2 rings (SSSR count). The van der Waals surface area contributed by atoms with Crippen molar-refractivity contribution in [2.75, 3.05) is 26.2 Å². The predicted molar refractivity (Wildman–Crippen MR) is 77.4 cm³/mol. The molecule has 1 fully saturated rings. The summed E-state index contributed by atoms with van der Waals surface area (Å²) in [6.07, 6.45) is 5.35. The molecule has 1 atom stereocenters. The van der Waals surface area contributed by atoms with Crippen molar-refractivity contribution in [1.29, 1.82) is 0 Å². The van der Waals surface area contributed by atoms with Crippen molar-refractivity contribution < 1.29 is 14.3 Å². The third-order valence-electron chi connectivity index (χ3n) is 3.86. The Morgan fingerprint density at radius 3 is 3.14 bits per heavy atom. The Morgan fingerprint density at radius 1 is 1.52 bits per heavy atom. The number of halogens is 1. The summed E-state index contributed by atoms with van der Waals surface area (Å²) in [7, 11) is 0. The maximum absolute atomic E-state index is 12.9. The maximum atomic E-state index is 12.9. The first-order valence-corrected chi connectivity index (χ1v) is 7.45. The number of unbranched alkanes of at least 4 members (excludes halogenated alkanes) is 1. The third kappa shape index (κ3) is 4.75. The van der Waals surface area contributed by atoms with Gasteiger partial charge < -0.3 is 10.4 Å². The van der Waals surface area contributed by atoms with Gasteiger partial charge in [-0.1, -0.05) is 0 Å². The lowest BCUT2D eigenvalue weighted by atomic mass is 10.2. The van der Waals surface area contributed by atoms with Crippen LogP contribution in [-0.2, 0) is 0 Å². The van der Waals surface area contributed by atoms with E-state index in [2.05, 4.69) is 15.2 Å². The van der Waals surface area contributed by atoms with Gasteiger partial charge in [0, 0.05) is 30.4 Å². The van der Waals surface area contributed by atoms with E-state index in [9.17, 15) is 14.3 Å². The zero-order valence-corrected chi connectivity index (χ0v) is 12.1. The third-order valence-corrected chi connectivity index (χ3v) is 3.86. The molecule has 1 aliphatic rings. The number of aliphatic hydroxyl groups excluding tert-OH is 1. The monoisotopic (exact) mass is 295 g/mol. The van der Waals surface area contributed by atoms with Crippen LogP contribution in [0.1, 0.15) is 36.0 Å². The summed E-state index contributed by atoms with van der Waals surface area (Å²) in [6, 6.07) is 2.93. The van der Waals surface area contributed by atoms with Crippen LogP contribution in [0.25, 0.3) is 0 Å². The summed E-state index contributed by atoms with van der Waals surface area (Å²) < 4.78 is 12.9. The normalized spacial score (nSPS) is 18.9. The lowest BCUT2D eigenvalue weighted by Crippen LogP contribution is -2.33. The molecule has 0 spiro atoms. The van der Waals surface area contributed by atoms with Crippen molar-refractivity contribution >= 4 is 5.91 Å². The Bertz CT molecular complexity index is 470. The number of carbonyl (C=O) groups is 1. The van der Waals surface area contributed by atoms with Gasteiger partial charge in [-0.25, -0.2) is 4.98 Å². The fraction of sp³-hybridized carbons (Fsp3) is 0.600. The van der Waals surface area contributed by atoms with E-state index in [1.807, 2.05) is 0 Å². The molecule has 1 amide bonds. The van der Waals surface area contributed by atoms with Crippen LogP contribution >= 0.6 is 0 Å². The highest BCUT2D eigenvalue weighted by Crippen LogP contribution is 2.16. The van der Waals surface area contributed by atoms with E-state index < -0.39 is 5.95 Å². The van der Waals surface area contributed by atoms with E-state index in [4.69, 9.17) is 0 Å². The first-order chi connectivity index (χ1) is 10.2. The number of hydrogen-bond donors (Lipinski definition) is 2. The average molecular weight is 295 g/mol. The van der Waals surface area contributed by atoms with Gasteiger partial charge in [0.25, 0.3) is 5.91 Å². The number of rotatable bonds is 7. The highest BCUT2D eigenvalue weighted by Gasteiger charge is 2.22. The molecule has 0 aromatic carbocycles. The van der Waals surface area contributed by atoms with Gasteiger partial charge in [-0.3, -0.25) is 9.69 Å². The summed E-state index contributed by atoms with van der Waals surface area (Å²) in [5.41, 5.74) is 0.294. The Balaban J connectivity index is 1.62. The lowest BCUT2D eigenvalue weighted by Gasteiger charge is -2.22. The number of aliphatic hydroxyl groups is 1. The highest BCUT2D eigenvalue weighted by molar-refractivity contribution is 5.93. The molecule has 1 unspecified atom stereocenters. The van der Waals surface area contributed by atoms with Crippen LogP contribution in [0, 0.1) is 5.95 Å². The molecule has 1 aliphatic heterocycles. The molecule has 116 valence electrons. The smallest absolute Gasteiger partial charge is 0.251 e. The van der Waals surface area contributed by atoms with Crippen LogP contribution in [0.5, 0.6) is 0 Å². The fourth-order valence-corrected chi connectivity index (χ4v) is 2.68. The van der Waals surface area contributed by atoms with E-state index in [1.54, 1.807) is 0 Å². The average Bonchev–Trinajstić information content (AvgIpc) is 2.94. The summed E-state index contributed by atoms with van der Waals surface area (Å²) in [5, 5.41) is 12.0. The summed E-state index contributed by atoms with van der Waals surface area (Å²) in [4.78, 5) is 17.5. The Hall–Kier alpha value is -1.53. The molecule has 5 nitrogen and oxygen atoms in total. The van der Waals surface area contributed by atoms with E-state index in [-0.39, 0.29) is 12.5 Å². The van der Waals surface area contributed by atoms with Crippen LogP contribution in [0.4, 0.5) is 4.39 Å². The maximum Gasteiger partial charge on any atom is 0.251 e. The van der Waals surface area contributed by atoms with Crippen LogP contribution in [0.15, 0.2) is 18.3 Å². The van der Waals surface area contributed by atoms with Crippen LogP contribution in [0.2, 0.25) is 0 Å². The van der Waals surface area contributed by atoms with Gasteiger partial charge in [0.05, 0.1) is 6.61 Å². The molecule has 1 saturated heterocycles. The zero-order valence-electron chi connectivity index (χ0n) is 12.1. The Kier molecular flexibility index (Phi) is 6.07. The summed E-state index contributed by atoms with van der Waals surface area (Å²) in [5.74, 6) is -0.919. The first kappa shape index (κ1) is 15.9. The van der Waals surface area contributed by atoms with Crippen molar-refractivity contribution in [3.63, 3.8) is 0 Å². The van der Waals surface area contributed by atoms with E-state index >= 15 is 0 Å². The van der Waals surface area contributed by atoms with Crippen molar-refractivity contribution in [1.82, 2.24) is 15.2 Å². The van der Waals surface area contributed by atoms with Gasteiger partial charge in [0.15, 0.2) is 0 Å². The second-order valence-corrected chi connectivity index (χ2v) is 5.34. The molecule has 0 radical (unpaired) electrons. The second-order valence-electron chi connectivity index (χ2n) is 5.34. The molecule has 2 N–H and O–H groups in total. The largest absolute Gasteiger partial charge is 0.395 e.